The van der Waals surface area contributed by atoms with Gasteiger partial charge in [0.05, 0.1) is 12.1 Å². The second-order valence-electron chi connectivity index (χ2n) is 3.33. The highest BCUT2D eigenvalue weighted by molar-refractivity contribution is 4.99. The molecule has 2 atom stereocenters. The third kappa shape index (κ3) is 1.71. The molecule has 0 spiro atoms. The lowest BCUT2D eigenvalue weighted by molar-refractivity contribution is 0.117. The Labute approximate surface area is 76.9 Å². The molecular formula is C8H14N4O. The molecular weight excluding hydrogens is 168 g/mol. The van der Waals surface area contributed by atoms with Gasteiger partial charge in [-0.3, -0.25) is 5.10 Å². The summed E-state index contributed by atoms with van der Waals surface area (Å²) in [7, 11) is 1.73. The van der Waals surface area contributed by atoms with Crippen LogP contribution >= 0.6 is 0 Å². The van der Waals surface area contributed by atoms with Gasteiger partial charge in [-0.15, -0.1) is 0 Å². The Morgan fingerprint density at radius 2 is 2.38 bits per heavy atom. The number of aromatic nitrogens is 3. The minimum absolute atomic E-state index is 0.245. The average molecular weight is 182 g/mol. The van der Waals surface area contributed by atoms with Crippen LogP contribution in [0.4, 0.5) is 0 Å². The maximum absolute atomic E-state index is 5.24. The fourth-order valence-corrected chi connectivity index (χ4v) is 1.60. The zero-order chi connectivity index (χ0) is 9.26. The zero-order valence-corrected chi connectivity index (χ0v) is 7.87. The smallest absolute Gasteiger partial charge is 0.167 e. The van der Waals surface area contributed by atoms with Crippen LogP contribution in [0.2, 0.25) is 0 Å². The van der Waals surface area contributed by atoms with Crippen molar-refractivity contribution >= 4 is 0 Å². The van der Waals surface area contributed by atoms with Crippen molar-refractivity contribution in [3.05, 3.63) is 11.6 Å². The first-order chi connectivity index (χ1) is 6.29. The summed E-state index contributed by atoms with van der Waals surface area (Å²) >= 11 is 0. The summed E-state index contributed by atoms with van der Waals surface area (Å²) < 4.78 is 5.24. The van der Waals surface area contributed by atoms with Gasteiger partial charge in [0.15, 0.2) is 5.82 Å². The van der Waals surface area contributed by atoms with E-state index in [4.69, 9.17) is 4.74 Å². The first kappa shape index (κ1) is 8.65. The molecule has 1 aliphatic heterocycles. The van der Waals surface area contributed by atoms with Crippen LogP contribution in [0.1, 0.15) is 24.1 Å². The molecule has 2 heterocycles. The lowest BCUT2D eigenvalue weighted by Gasteiger charge is -2.04. The van der Waals surface area contributed by atoms with E-state index >= 15 is 0 Å². The molecule has 72 valence electrons. The Balaban J connectivity index is 2.03. The molecule has 5 nitrogen and oxygen atoms in total. The highest BCUT2D eigenvalue weighted by Gasteiger charge is 2.27. The van der Waals surface area contributed by atoms with Gasteiger partial charge in [0.25, 0.3) is 0 Å². The number of aromatic amines is 1. The van der Waals surface area contributed by atoms with Gasteiger partial charge in [-0.05, 0) is 13.3 Å². The molecule has 13 heavy (non-hydrogen) atoms. The zero-order valence-electron chi connectivity index (χ0n) is 7.87. The van der Waals surface area contributed by atoms with Gasteiger partial charge in [0, 0.05) is 13.7 Å². The molecule has 0 unspecified atom stereocenters. The van der Waals surface area contributed by atoms with Gasteiger partial charge in [-0.25, -0.2) is 4.98 Å². The number of nitrogens with one attached hydrogen (secondary N) is 2. The molecule has 0 amide bonds. The van der Waals surface area contributed by atoms with Gasteiger partial charge in [-0.1, -0.05) is 0 Å². The number of hydrogen-bond acceptors (Lipinski definition) is 4. The molecule has 0 saturated carbocycles. The third-order valence-corrected chi connectivity index (χ3v) is 2.35. The SMILES string of the molecule is CO[C@@H]1CN[C@@H](c2n[nH]c(C)n2)C1. The van der Waals surface area contributed by atoms with Gasteiger partial charge < -0.3 is 10.1 Å². The Bertz CT molecular complexity index is 285. The third-order valence-electron chi connectivity index (χ3n) is 2.35. The molecule has 0 aliphatic carbocycles. The number of hydrogen-bond donors (Lipinski definition) is 2. The minimum Gasteiger partial charge on any atom is -0.380 e. The van der Waals surface area contributed by atoms with E-state index < -0.39 is 0 Å². The van der Waals surface area contributed by atoms with Crippen LogP contribution < -0.4 is 5.32 Å². The lowest BCUT2D eigenvalue weighted by Crippen LogP contribution is -2.16. The summed E-state index contributed by atoms with van der Waals surface area (Å²) in [4.78, 5) is 4.28. The molecule has 1 aliphatic rings. The van der Waals surface area contributed by atoms with E-state index in [1.165, 1.54) is 0 Å². The second kappa shape index (κ2) is 3.43. The van der Waals surface area contributed by atoms with Crippen LogP contribution in [0.15, 0.2) is 0 Å². The van der Waals surface area contributed by atoms with E-state index in [-0.39, 0.29) is 6.04 Å². The molecule has 2 N–H and O–H groups in total. The number of methoxy groups -OCH3 is 1. The molecule has 0 aromatic carbocycles. The number of aryl methyl sites for hydroxylation is 1. The minimum atomic E-state index is 0.245. The van der Waals surface area contributed by atoms with Crippen LogP contribution in [-0.4, -0.2) is 34.9 Å². The monoisotopic (exact) mass is 182 g/mol. The fraction of sp³-hybridized carbons (Fsp3) is 0.750. The Hall–Kier alpha value is -0.940. The standard InChI is InChI=1S/C8H14N4O/c1-5-10-8(12-11-5)7-3-6(13-2)4-9-7/h6-7,9H,3-4H2,1-2H3,(H,10,11,12)/t6-,7+/m0/s1. The molecule has 0 radical (unpaired) electrons. The van der Waals surface area contributed by atoms with E-state index in [2.05, 4.69) is 20.5 Å². The summed E-state index contributed by atoms with van der Waals surface area (Å²) in [6.07, 6.45) is 1.25. The quantitative estimate of drug-likeness (QED) is 0.684. The highest BCUT2D eigenvalue weighted by Crippen LogP contribution is 2.21. The first-order valence-electron chi connectivity index (χ1n) is 4.44. The molecule has 1 aromatic heterocycles. The summed E-state index contributed by atoms with van der Waals surface area (Å²) in [6.45, 7) is 2.79. The van der Waals surface area contributed by atoms with Crippen molar-refractivity contribution in [2.45, 2.75) is 25.5 Å². The van der Waals surface area contributed by atoms with Crippen molar-refractivity contribution in [1.82, 2.24) is 20.5 Å². The maximum Gasteiger partial charge on any atom is 0.167 e. The van der Waals surface area contributed by atoms with Crippen molar-refractivity contribution in [3.8, 4) is 0 Å². The summed E-state index contributed by atoms with van der Waals surface area (Å²) in [5, 5.41) is 10.3. The first-order valence-corrected chi connectivity index (χ1v) is 4.44. The van der Waals surface area contributed by atoms with Crippen molar-refractivity contribution in [2.75, 3.05) is 13.7 Å². The summed E-state index contributed by atoms with van der Waals surface area (Å²) in [5.41, 5.74) is 0. The number of H-pyrrole nitrogens is 1. The topological polar surface area (TPSA) is 62.8 Å². The molecule has 1 aromatic rings. The van der Waals surface area contributed by atoms with Crippen molar-refractivity contribution < 1.29 is 4.74 Å². The van der Waals surface area contributed by atoms with Gasteiger partial charge in [0.1, 0.15) is 5.82 Å². The largest absolute Gasteiger partial charge is 0.380 e. The van der Waals surface area contributed by atoms with E-state index in [1.807, 2.05) is 6.92 Å². The average Bonchev–Trinajstić information content (AvgIpc) is 2.71. The van der Waals surface area contributed by atoms with Crippen LogP contribution in [0.5, 0.6) is 0 Å². The van der Waals surface area contributed by atoms with Crippen molar-refractivity contribution in [3.63, 3.8) is 0 Å². The molecule has 0 bridgehead atoms. The van der Waals surface area contributed by atoms with Crippen molar-refractivity contribution in [2.24, 2.45) is 0 Å². The van der Waals surface area contributed by atoms with Gasteiger partial charge in [-0.2, -0.15) is 5.10 Å². The molecule has 2 rings (SSSR count). The molecule has 1 fully saturated rings. The van der Waals surface area contributed by atoms with Crippen LogP contribution in [0.3, 0.4) is 0 Å². The Morgan fingerprint density at radius 1 is 1.54 bits per heavy atom. The van der Waals surface area contributed by atoms with Crippen LogP contribution in [0, 0.1) is 6.92 Å². The van der Waals surface area contributed by atoms with E-state index in [1.54, 1.807) is 7.11 Å². The predicted octanol–water partition coefficient (Wildman–Crippen LogP) is 0.163. The van der Waals surface area contributed by atoms with E-state index in [9.17, 15) is 0 Å². The summed E-state index contributed by atoms with van der Waals surface area (Å²) in [5.74, 6) is 1.70. The van der Waals surface area contributed by atoms with Crippen LogP contribution in [0.25, 0.3) is 0 Å². The highest BCUT2D eigenvalue weighted by atomic mass is 16.5. The number of ether oxygens (including phenoxy) is 1. The number of nitrogens with zero attached hydrogens (tertiary/aromatic N) is 2. The van der Waals surface area contributed by atoms with Crippen LogP contribution in [-0.2, 0) is 4.74 Å². The Morgan fingerprint density at radius 3 is 2.92 bits per heavy atom. The fourth-order valence-electron chi connectivity index (χ4n) is 1.60. The maximum atomic E-state index is 5.24. The normalized spacial score (nSPS) is 28.2. The second-order valence-corrected chi connectivity index (χ2v) is 3.33. The lowest BCUT2D eigenvalue weighted by atomic mass is 10.2. The molecule has 1 saturated heterocycles. The predicted molar refractivity (Wildman–Crippen MR) is 47.3 cm³/mol. The van der Waals surface area contributed by atoms with Gasteiger partial charge >= 0.3 is 0 Å². The number of rotatable bonds is 2. The van der Waals surface area contributed by atoms with Crippen molar-refractivity contribution in [1.29, 1.82) is 0 Å². The molecule has 5 heteroatoms. The Kier molecular flexibility index (Phi) is 2.28. The summed E-state index contributed by atoms with van der Waals surface area (Å²) in [6, 6.07) is 0.245. The van der Waals surface area contributed by atoms with Gasteiger partial charge in [0.2, 0.25) is 0 Å². The van der Waals surface area contributed by atoms with E-state index in [0.29, 0.717) is 6.10 Å². The van der Waals surface area contributed by atoms with E-state index in [0.717, 1.165) is 24.6 Å².